The van der Waals surface area contributed by atoms with Crippen LogP contribution in [-0.2, 0) is 6.42 Å². The van der Waals surface area contributed by atoms with E-state index < -0.39 is 0 Å². The molecular weight excluding hydrogens is 248 g/mol. The summed E-state index contributed by atoms with van der Waals surface area (Å²) < 4.78 is 5.91. The molecule has 0 spiro atoms. The molecule has 20 heavy (non-hydrogen) atoms. The summed E-state index contributed by atoms with van der Waals surface area (Å²) in [6, 6.07) is 6.23. The molecule has 1 aliphatic carbocycles. The third-order valence-corrected chi connectivity index (χ3v) is 5.15. The Morgan fingerprint density at radius 1 is 1.25 bits per heavy atom. The Bertz CT molecular complexity index is 516. The standard InChI is InChI=1S/C18H26O2/c1-17(2)9-5-6-14(17)16(19)12-7-8-15-13(10-12)11-18(3,4)20-15/h7-8,10,14,16,19H,5-6,9,11H2,1-4H3. The van der Waals surface area contributed by atoms with E-state index in [9.17, 15) is 5.11 Å². The highest BCUT2D eigenvalue weighted by atomic mass is 16.5. The number of ether oxygens (including phenoxy) is 1. The fraction of sp³-hybridized carbons (Fsp3) is 0.667. The summed E-state index contributed by atoms with van der Waals surface area (Å²) in [6.07, 6.45) is 4.16. The molecule has 2 atom stereocenters. The molecule has 110 valence electrons. The SMILES string of the molecule is CC1(C)Cc2cc(C(O)C3CCCC3(C)C)ccc2O1. The molecule has 2 unspecified atom stereocenters. The number of benzene rings is 1. The molecule has 0 saturated heterocycles. The van der Waals surface area contributed by atoms with Gasteiger partial charge in [-0.15, -0.1) is 0 Å². The van der Waals surface area contributed by atoms with Crippen LogP contribution in [0.3, 0.4) is 0 Å². The van der Waals surface area contributed by atoms with Gasteiger partial charge in [0.15, 0.2) is 0 Å². The maximum atomic E-state index is 10.8. The van der Waals surface area contributed by atoms with Crippen LogP contribution < -0.4 is 4.74 Å². The summed E-state index contributed by atoms with van der Waals surface area (Å²) >= 11 is 0. The normalized spacial score (nSPS) is 27.9. The zero-order valence-electron chi connectivity index (χ0n) is 13.1. The van der Waals surface area contributed by atoms with E-state index in [0.717, 1.165) is 24.2 Å². The molecule has 3 rings (SSSR count). The van der Waals surface area contributed by atoms with Crippen LogP contribution in [0.5, 0.6) is 5.75 Å². The summed E-state index contributed by atoms with van der Waals surface area (Å²) in [5, 5.41) is 10.8. The Morgan fingerprint density at radius 2 is 2.00 bits per heavy atom. The lowest BCUT2D eigenvalue weighted by Gasteiger charge is -2.31. The first-order chi connectivity index (χ1) is 9.28. The highest BCUT2D eigenvalue weighted by Gasteiger charge is 2.40. The lowest BCUT2D eigenvalue weighted by Crippen LogP contribution is -2.24. The van der Waals surface area contributed by atoms with Gasteiger partial charge in [-0.1, -0.05) is 26.3 Å². The van der Waals surface area contributed by atoms with Gasteiger partial charge in [0, 0.05) is 6.42 Å². The first kappa shape index (κ1) is 13.9. The van der Waals surface area contributed by atoms with Crippen LogP contribution in [0.25, 0.3) is 0 Å². The second-order valence-electron chi connectivity index (χ2n) is 7.84. The molecule has 2 heteroatoms. The van der Waals surface area contributed by atoms with Crippen LogP contribution in [0.2, 0.25) is 0 Å². The molecule has 1 fully saturated rings. The summed E-state index contributed by atoms with van der Waals surface area (Å²) in [6.45, 7) is 8.80. The van der Waals surface area contributed by atoms with Gasteiger partial charge in [0.2, 0.25) is 0 Å². The predicted octanol–water partition coefficient (Wildman–Crippen LogP) is 4.26. The van der Waals surface area contributed by atoms with E-state index in [1.165, 1.54) is 18.4 Å². The average Bonchev–Trinajstić information content (AvgIpc) is 2.84. The van der Waals surface area contributed by atoms with Gasteiger partial charge in [-0.2, -0.15) is 0 Å². The van der Waals surface area contributed by atoms with E-state index >= 15 is 0 Å². The Labute approximate surface area is 122 Å². The summed E-state index contributed by atoms with van der Waals surface area (Å²) in [5.74, 6) is 1.35. The molecule has 1 aromatic rings. The van der Waals surface area contributed by atoms with Crippen LogP contribution in [0.1, 0.15) is 64.2 Å². The fourth-order valence-corrected chi connectivity index (χ4v) is 3.98. The number of fused-ring (bicyclic) bond motifs is 1. The van der Waals surface area contributed by atoms with Gasteiger partial charge in [-0.05, 0) is 61.3 Å². The third kappa shape index (κ3) is 2.35. The Kier molecular flexibility index (Phi) is 3.13. The molecule has 0 bridgehead atoms. The van der Waals surface area contributed by atoms with Gasteiger partial charge in [0.25, 0.3) is 0 Å². The van der Waals surface area contributed by atoms with Crippen LogP contribution >= 0.6 is 0 Å². The lowest BCUT2D eigenvalue weighted by atomic mass is 9.76. The van der Waals surface area contributed by atoms with Crippen molar-refractivity contribution in [2.24, 2.45) is 11.3 Å². The monoisotopic (exact) mass is 274 g/mol. The maximum absolute atomic E-state index is 10.8. The van der Waals surface area contributed by atoms with Crippen LogP contribution in [-0.4, -0.2) is 10.7 Å². The third-order valence-electron chi connectivity index (χ3n) is 5.15. The Balaban J connectivity index is 1.86. The molecule has 1 N–H and O–H groups in total. The van der Waals surface area contributed by atoms with Gasteiger partial charge < -0.3 is 9.84 Å². The van der Waals surface area contributed by atoms with Gasteiger partial charge >= 0.3 is 0 Å². The second kappa shape index (κ2) is 4.49. The van der Waals surface area contributed by atoms with Crippen molar-refractivity contribution in [2.75, 3.05) is 0 Å². The Hall–Kier alpha value is -1.02. The van der Waals surface area contributed by atoms with Crippen molar-refractivity contribution in [1.29, 1.82) is 0 Å². The highest BCUT2D eigenvalue weighted by Crippen LogP contribution is 2.49. The van der Waals surface area contributed by atoms with Crippen molar-refractivity contribution in [3.63, 3.8) is 0 Å². The predicted molar refractivity (Wildman–Crippen MR) is 80.9 cm³/mol. The lowest BCUT2D eigenvalue weighted by molar-refractivity contribution is 0.0531. The van der Waals surface area contributed by atoms with E-state index in [2.05, 4.69) is 33.8 Å². The molecular formula is C18H26O2. The van der Waals surface area contributed by atoms with Gasteiger partial charge in [0.05, 0.1) is 6.10 Å². The highest BCUT2D eigenvalue weighted by molar-refractivity contribution is 5.42. The average molecular weight is 274 g/mol. The van der Waals surface area contributed by atoms with E-state index in [1.807, 2.05) is 12.1 Å². The quantitative estimate of drug-likeness (QED) is 0.873. The van der Waals surface area contributed by atoms with Crippen molar-refractivity contribution in [3.8, 4) is 5.75 Å². The summed E-state index contributed by atoms with van der Waals surface area (Å²) in [7, 11) is 0. The van der Waals surface area contributed by atoms with Crippen molar-refractivity contribution >= 4 is 0 Å². The maximum Gasteiger partial charge on any atom is 0.123 e. The number of aliphatic hydroxyl groups is 1. The summed E-state index contributed by atoms with van der Waals surface area (Å²) in [4.78, 5) is 0. The molecule has 1 saturated carbocycles. The smallest absolute Gasteiger partial charge is 0.123 e. The van der Waals surface area contributed by atoms with Crippen molar-refractivity contribution in [1.82, 2.24) is 0 Å². The van der Waals surface area contributed by atoms with Gasteiger partial charge in [-0.3, -0.25) is 0 Å². The zero-order valence-corrected chi connectivity index (χ0v) is 13.1. The molecule has 0 amide bonds. The van der Waals surface area contributed by atoms with Crippen molar-refractivity contribution < 1.29 is 9.84 Å². The minimum Gasteiger partial charge on any atom is -0.487 e. The topological polar surface area (TPSA) is 29.5 Å². The molecule has 2 aliphatic rings. The minimum atomic E-state index is -0.346. The zero-order chi connectivity index (χ0) is 14.5. The second-order valence-corrected chi connectivity index (χ2v) is 7.84. The number of hydrogen-bond donors (Lipinski definition) is 1. The number of hydrogen-bond acceptors (Lipinski definition) is 2. The Morgan fingerprint density at radius 3 is 2.65 bits per heavy atom. The van der Waals surface area contributed by atoms with Gasteiger partial charge in [0.1, 0.15) is 11.4 Å². The molecule has 1 heterocycles. The van der Waals surface area contributed by atoms with E-state index in [-0.39, 0.29) is 17.1 Å². The van der Waals surface area contributed by atoms with Crippen LogP contribution in [0, 0.1) is 11.3 Å². The molecule has 1 aliphatic heterocycles. The first-order valence-electron chi connectivity index (χ1n) is 7.78. The van der Waals surface area contributed by atoms with E-state index in [0.29, 0.717) is 5.92 Å². The minimum absolute atomic E-state index is 0.113. The molecule has 2 nitrogen and oxygen atoms in total. The van der Waals surface area contributed by atoms with E-state index in [1.54, 1.807) is 0 Å². The van der Waals surface area contributed by atoms with Crippen molar-refractivity contribution in [3.05, 3.63) is 29.3 Å². The molecule has 0 aromatic heterocycles. The van der Waals surface area contributed by atoms with Gasteiger partial charge in [-0.25, -0.2) is 0 Å². The fourth-order valence-electron chi connectivity index (χ4n) is 3.98. The van der Waals surface area contributed by atoms with Crippen LogP contribution in [0.4, 0.5) is 0 Å². The number of rotatable bonds is 2. The van der Waals surface area contributed by atoms with E-state index in [4.69, 9.17) is 4.74 Å². The largest absolute Gasteiger partial charge is 0.487 e. The van der Waals surface area contributed by atoms with Crippen molar-refractivity contribution in [2.45, 2.75) is 65.1 Å². The molecule has 0 radical (unpaired) electrons. The van der Waals surface area contributed by atoms with Crippen LogP contribution in [0.15, 0.2) is 18.2 Å². The molecule has 1 aromatic carbocycles. The first-order valence-corrected chi connectivity index (χ1v) is 7.78. The summed E-state index contributed by atoms with van der Waals surface area (Å²) in [5.41, 5.74) is 2.43. The number of aliphatic hydroxyl groups excluding tert-OH is 1.